The molecular weight excluding hydrogens is 262 g/mol. The first-order valence-corrected chi connectivity index (χ1v) is 8.09. The summed E-state index contributed by atoms with van der Waals surface area (Å²) in [6, 6.07) is 9.04. The first-order chi connectivity index (χ1) is 10.2. The third kappa shape index (κ3) is 4.10. The molecule has 3 nitrogen and oxygen atoms in total. The fraction of sp³-hybridized carbons (Fsp3) is 0.500. The molecule has 0 bridgehead atoms. The number of hydrogen-bond acceptors (Lipinski definition) is 2. The molecule has 2 aromatic rings. The minimum atomic E-state index is 0.244. The van der Waals surface area contributed by atoms with Gasteiger partial charge in [-0.15, -0.1) is 0 Å². The van der Waals surface area contributed by atoms with Crippen LogP contribution in [0.15, 0.2) is 30.3 Å². The number of fused-ring (bicyclic) bond motifs is 1. The van der Waals surface area contributed by atoms with Crippen LogP contribution in [0.1, 0.15) is 57.6 Å². The van der Waals surface area contributed by atoms with Gasteiger partial charge in [0.05, 0.1) is 11.5 Å². The van der Waals surface area contributed by atoms with Crippen LogP contribution >= 0.6 is 0 Å². The van der Waals surface area contributed by atoms with Gasteiger partial charge in [0.2, 0.25) is 5.69 Å². The van der Waals surface area contributed by atoms with Gasteiger partial charge in [0.15, 0.2) is 0 Å². The number of pyridine rings is 1. The minimum absolute atomic E-state index is 0.244. The Balaban J connectivity index is 1.92. The SMILES string of the molecule is CCCCCCCCCc1cc(O)c2ccccc2[n+]1O. The van der Waals surface area contributed by atoms with Crippen molar-refractivity contribution in [1.82, 2.24) is 0 Å². The van der Waals surface area contributed by atoms with Gasteiger partial charge in [0, 0.05) is 17.2 Å². The smallest absolute Gasteiger partial charge is 0.268 e. The van der Waals surface area contributed by atoms with Gasteiger partial charge in [-0.25, -0.2) is 0 Å². The number of aromatic hydroxyl groups is 1. The van der Waals surface area contributed by atoms with E-state index in [0.29, 0.717) is 10.9 Å². The molecule has 0 aliphatic rings. The average Bonchev–Trinajstić information content (AvgIpc) is 2.51. The molecule has 2 N–H and O–H groups in total. The molecule has 0 fully saturated rings. The molecule has 21 heavy (non-hydrogen) atoms. The van der Waals surface area contributed by atoms with Crippen molar-refractivity contribution in [3.63, 3.8) is 0 Å². The van der Waals surface area contributed by atoms with Crippen LogP contribution in [0.3, 0.4) is 0 Å². The Bertz CT molecular complexity index is 581. The fourth-order valence-electron chi connectivity index (χ4n) is 2.77. The highest BCUT2D eigenvalue weighted by molar-refractivity contribution is 5.81. The molecule has 1 heterocycles. The van der Waals surface area contributed by atoms with Crippen molar-refractivity contribution < 1.29 is 15.0 Å². The lowest BCUT2D eigenvalue weighted by molar-refractivity contribution is -0.889. The second-order valence-electron chi connectivity index (χ2n) is 5.72. The highest BCUT2D eigenvalue weighted by atomic mass is 16.5. The van der Waals surface area contributed by atoms with Crippen LogP contribution in [0.25, 0.3) is 10.9 Å². The zero-order valence-electron chi connectivity index (χ0n) is 12.9. The zero-order valence-corrected chi connectivity index (χ0v) is 12.9. The molecule has 0 aliphatic heterocycles. The summed E-state index contributed by atoms with van der Waals surface area (Å²) in [6.45, 7) is 2.23. The van der Waals surface area contributed by atoms with E-state index in [0.717, 1.165) is 18.5 Å². The van der Waals surface area contributed by atoms with Gasteiger partial charge in [-0.05, 0) is 12.5 Å². The highest BCUT2D eigenvalue weighted by Gasteiger charge is 2.18. The Morgan fingerprint density at radius 1 is 0.952 bits per heavy atom. The van der Waals surface area contributed by atoms with Gasteiger partial charge in [-0.1, -0.05) is 57.6 Å². The normalized spacial score (nSPS) is 11.1. The van der Waals surface area contributed by atoms with Crippen LogP contribution in [0, 0.1) is 0 Å². The van der Waals surface area contributed by atoms with Crippen LogP contribution in [0.2, 0.25) is 0 Å². The number of aromatic nitrogens is 1. The molecule has 1 aromatic heterocycles. The minimum Gasteiger partial charge on any atom is -0.507 e. The molecule has 2 rings (SSSR count). The number of rotatable bonds is 8. The van der Waals surface area contributed by atoms with Crippen LogP contribution in [-0.2, 0) is 6.42 Å². The van der Waals surface area contributed by atoms with Gasteiger partial charge in [0.25, 0.3) is 5.52 Å². The van der Waals surface area contributed by atoms with E-state index in [9.17, 15) is 10.3 Å². The van der Waals surface area contributed by atoms with E-state index in [1.54, 1.807) is 6.07 Å². The summed E-state index contributed by atoms with van der Waals surface area (Å²) < 4.78 is 1.21. The van der Waals surface area contributed by atoms with Crippen LogP contribution in [-0.4, -0.2) is 10.3 Å². The van der Waals surface area contributed by atoms with E-state index >= 15 is 0 Å². The van der Waals surface area contributed by atoms with Crippen molar-refractivity contribution in [2.24, 2.45) is 0 Å². The first kappa shape index (κ1) is 15.6. The summed E-state index contributed by atoms with van der Waals surface area (Å²) in [4.78, 5) is 0. The van der Waals surface area contributed by atoms with Crippen molar-refractivity contribution in [3.05, 3.63) is 36.0 Å². The summed E-state index contributed by atoms with van der Waals surface area (Å²) in [5.74, 6) is 0.244. The van der Waals surface area contributed by atoms with Crippen LogP contribution in [0.4, 0.5) is 0 Å². The number of aryl methyl sites for hydroxylation is 1. The first-order valence-electron chi connectivity index (χ1n) is 8.09. The fourth-order valence-corrected chi connectivity index (χ4v) is 2.77. The molecule has 3 heteroatoms. The maximum atomic E-state index is 10.3. The van der Waals surface area contributed by atoms with Gasteiger partial charge in [0.1, 0.15) is 5.75 Å². The van der Waals surface area contributed by atoms with Gasteiger partial charge in [-0.3, -0.25) is 5.21 Å². The van der Waals surface area contributed by atoms with Crippen LogP contribution in [0.5, 0.6) is 5.75 Å². The lowest BCUT2D eigenvalue weighted by Crippen LogP contribution is -2.36. The summed E-state index contributed by atoms with van der Waals surface area (Å²) in [7, 11) is 0. The number of benzene rings is 1. The molecule has 1 aromatic carbocycles. The van der Waals surface area contributed by atoms with Gasteiger partial charge >= 0.3 is 0 Å². The Labute approximate surface area is 126 Å². The Morgan fingerprint density at radius 3 is 2.38 bits per heavy atom. The molecule has 0 radical (unpaired) electrons. The van der Waals surface area contributed by atoms with Gasteiger partial charge < -0.3 is 5.11 Å². The van der Waals surface area contributed by atoms with E-state index in [2.05, 4.69) is 6.92 Å². The quantitative estimate of drug-likeness (QED) is 0.430. The summed E-state index contributed by atoms with van der Waals surface area (Å²) in [5, 5.41) is 21.0. The molecule has 0 atom stereocenters. The van der Waals surface area contributed by atoms with E-state index in [-0.39, 0.29) is 5.75 Å². The standard InChI is InChI=1S/C18H25NO2/c1-2-3-4-5-6-7-8-11-15-14-18(20)16-12-9-10-13-17(16)19(15)21/h9-10,12-14,21H,2-8,11H2,1H3/p+1. The molecule has 0 amide bonds. The topological polar surface area (TPSA) is 44.3 Å². The second kappa shape index (κ2) is 7.87. The molecule has 0 aliphatic carbocycles. The van der Waals surface area contributed by atoms with Crippen molar-refractivity contribution in [2.45, 2.75) is 58.3 Å². The summed E-state index contributed by atoms with van der Waals surface area (Å²) in [6.07, 6.45) is 9.51. The lowest BCUT2D eigenvalue weighted by atomic mass is 10.1. The second-order valence-corrected chi connectivity index (χ2v) is 5.72. The highest BCUT2D eigenvalue weighted by Crippen LogP contribution is 2.23. The predicted octanol–water partition coefficient (Wildman–Crippen LogP) is 4.36. The number of unbranched alkanes of at least 4 members (excludes halogenated alkanes) is 6. The largest absolute Gasteiger partial charge is 0.507 e. The molecule has 0 saturated heterocycles. The van der Waals surface area contributed by atoms with Crippen molar-refractivity contribution in [3.8, 4) is 5.75 Å². The third-order valence-corrected chi connectivity index (χ3v) is 4.02. The van der Waals surface area contributed by atoms with Crippen molar-refractivity contribution in [2.75, 3.05) is 0 Å². The maximum Gasteiger partial charge on any atom is 0.268 e. The van der Waals surface area contributed by atoms with Crippen molar-refractivity contribution >= 4 is 10.9 Å². The van der Waals surface area contributed by atoms with E-state index in [4.69, 9.17) is 0 Å². The number of para-hydroxylation sites is 1. The number of nitrogens with zero attached hydrogens (tertiary/aromatic N) is 1. The third-order valence-electron chi connectivity index (χ3n) is 4.02. The van der Waals surface area contributed by atoms with Gasteiger partial charge in [-0.2, -0.15) is 0 Å². The molecule has 114 valence electrons. The zero-order chi connectivity index (χ0) is 15.1. The molecule has 0 spiro atoms. The van der Waals surface area contributed by atoms with Crippen LogP contribution < -0.4 is 4.73 Å². The molecule has 0 saturated carbocycles. The van der Waals surface area contributed by atoms with E-state index in [1.807, 2.05) is 24.3 Å². The summed E-state index contributed by atoms with van der Waals surface area (Å²) in [5.41, 5.74) is 1.44. The van der Waals surface area contributed by atoms with E-state index in [1.165, 1.54) is 43.3 Å². The molecule has 0 unspecified atom stereocenters. The Kier molecular flexibility index (Phi) is 5.85. The summed E-state index contributed by atoms with van der Waals surface area (Å²) >= 11 is 0. The van der Waals surface area contributed by atoms with Crippen molar-refractivity contribution in [1.29, 1.82) is 0 Å². The average molecular weight is 288 g/mol. The lowest BCUT2D eigenvalue weighted by Gasteiger charge is -2.03. The Hall–Kier alpha value is -1.77. The number of hydrogen-bond donors (Lipinski definition) is 2. The Morgan fingerprint density at radius 2 is 1.62 bits per heavy atom. The molecular formula is C18H26NO2+. The predicted molar refractivity (Wildman–Crippen MR) is 84.7 cm³/mol. The monoisotopic (exact) mass is 288 g/mol. The maximum absolute atomic E-state index is 10.3. The van der Waals surface area contributed by atoms with E-state index < -0.39 is 0 Å².